The molecular weight excluding hydrogens is 344 g/mol. The van der Waals surface area contributed by atoms with E-state index >= 15 is 0 Å². The molecule has 2 saturated heterocycles. The van der Waals surface area contributed by atoms with Gasteiger partial charge in [0.15, 0.2) is 0 Å². The van der Waals surface area contributed by atoms with E-state index in [2.05, 4.69) is 30.0 Å². The van der Waals surface area contributed by atoms with Gasteiger partial charge in [-0.3, -0.25) is 4.90 Å². The molecule has 0 radical (unpaired) electrons. The number of nitrogens with zero attached hydrogens (tertiary/aromatic N) is 2. The van der Waals surface area contributed by atoms with Crippen molar-refractivity contribution in [1.82, 2.24) is 9.21 Å². The van der Waals surface area contributed by atoms with E-state index < -0.39 is 10.0 Å². The van der Waals surface area contributed by atoms with Gasteiger partial charge >= 0.3 is 0 Å². The summed E-state index contributed by atoms with van der Waals surface area (Å²) in [5.41, 5.74) is 4.20. The first kappa shape index (κ1) is 18.2. The Bertz CT molecular complexity index is 722. The summed E-state index contributed by atoms with van der Waals surface area (Å²) in [5.74, 6) is 0.501. The minimum Gasteiger partial charge on any atom is -0.296 e. The third-order valence-corrected chi connectivity index (χ3v) is 7.30. The van der Waals surface area contributed by atoms with E-state index in [9.17, 15) is 8.42 Å². The number of hydrogen-bond donors (Lipinski definition) is 0. The molecule has 3 atom stereocenters. The van der Waals surface area contributed by atoms with E-state index in [0.29, 0.717) is 18.5 Å². The third-order valence-electron chi connectivity index (χ3n) is 6.00. The van der Waals surface area contributed by atoms with Crippen LogP contribution >= 0.6 is 12.4 Å². The molecule has 0 saturated carbocycles. The highest BCUT2D eigenvalue weighted by Gasteiger charge is 2.44. The highest BCUT2D eigenvalue weighted by atomic mass is 35.5. The first-order chi connectivity index (χ1) is 10.9. The molecule has 3 aliphatic heterocycles. The summed E-state index contributed by atoms with van der Waals surface area (Å²) in [4.78, 5) is 2.61. The highest BCUT2D eigenvalue weighted by molar-refractivity contribution is 7.88. The lowest BCUT2D eigenvalue weighted by molar-refractivity contribution is 0.0222. The van der Waals surface area contributed by atoms with Crippen molar-refractivity contribution in [3.63, 3.8) is 0 Å². The molecule has 0 aliphatic carbocycles. The van der Waals surface area contributed by atoms with Crippen molar-refractivity contribution in [2.75, 3.05) is 25.9 Å². The van der Waals surface area contributed by atoms with Crippen LogP contribution in [0.15, 0.2) is 18.2 Å². The Balaban J connectivity index is 0.00000169. The second-order valence-electron chi connectivity index (χ2n) is 7.54. The van der Waals surface area contributed by atoms with Crippen LogP contribution in [0.4, 0.5) is 0 Å². The van der Waals surface area contributed by atoms with Crippen molar-refractivity contribution >= 4 is 22.4 Å². The molecule has 0 amide bonds. The van der Waals surface area contributed by atoms with Crippen molar-refractivity contribution in [2.24, 2.45) is 5.92 Å². The SMILES string of the molecule is Cc1ccc2c(c1)[C@@H]1C[C@H]3[C@H](CCCN3S(C)(=O)=O)CN1CC2.Cl. The Morgan fingerprint density at radius 2 is 2.00 bits per heavy atom. The maximum absolute atomic E-state index is 12.2. The molecular formula is C18H27ClN2O2S. The van der Waals surface area contributed by atoms with Gasteiger partial charge in [-0.1, -0.05) is 23.8 Å². The zero-order chi connectivity index (χ0) is 16.2. The Morgan fingerprint density at radius 1 is 1.21 bits per heavy atom. The monoisotopic (exact) mass is 370 g/mol. The number of fused-ring (bicyclic) bond motifs is 4. The summed E-state index contributed by atoms with van der Waals surface area (Å²) >= 11 is 0. The number of hydrogen-bond acceptors (Lipinski definition) is 3. The zero-order valence-electron chi connectivity index (χ0n) is 14.4. The number of sulfonamides is 1. The van der Waals surface area contributed by atoms with Gasteiger partial charge in [0.2, 0.25) is 10.0 Å². The van der Waals surface area contributed by atoms with Crippen LogP contribution in [0.25, 0.3) is 0 Å². The van der Waals surface area contributed by atoms with Crippen molar-refractivity contribution in [1.29, 1.82) is 0 Å². The van der Waals surface area contributed by atoms with Crippen LogP contribution in [-0.4, -0.2) is 49.6 Å². The zero-order valence-corrected chi connectivity index (χ0v) is 16.1. The summed E-state index contributed by atoms with van der Waals surface area (Å²) in [6.07, 6.45) is 5.62. The molecule has 0 aromatic heterocycles. The number of rotatable bonds is 1. The minimum absolute atomic E-state index is 0. The maximum atomic E-state index is 12.2. The smallest absolute Gasteiger partial charge is 0.211 e. The summed E-state index contributed by atoms with van der Waals surface area (Å²) in [6.45, 7) is 5.01. The quantitative estimate of drug-likeness (QED) is 0.763. The fourth-order valence-electron chi connectivity index (χ4n) is 4.93. The van der Waals surface area contributed by atoms with E-state index in [4.69, 9.17) is 0 Å². The van der Waals surface area contributed by atoms with Gasteiger partial charge in [-0.25, -0.2) is 8.42 Å². The number of aryl methyl sites for hydroxylation is 1. The molecule has 1 aromatic rings. The van der Waals surface area contributed by atoms with Gasteiger partial charge in [-0.15, -0.1) is 12.4 Å². The maximum Gasteiger partial charge on any atom is 0.211 e. The predicted octanol–water partition coefficient (Wildman–Crippen LogP) is 2.76. The average Bonchev–Trinajstić information content (AvgIpc) is 2.51. The van der Waals surface area contributed by atoms with E-state index in [1.807, 2.05) is 0 Å². The van der Waals surface area contributed by atoms with Crippen molar-refractivity contribution < 1.29 is 8.42 Å². The molecule has 0 N–H and O–H groups in total. The Kier molecular flexibility index (Phi) is 5.00. The lowest BCUT2D eigenvalue weighted by atomic mass is 9.77. The number of benzene rings is 1. The summed E-state index contributed by atoms with van der Waals surface area (Å²) < 4.78 is 26.2. The van der Waals surface area contributed by atoms with E-state index in [1.54, 1.807) is 4.31 Å². The van der Waals surface area contributed by atoms with Gasteiger partial charge in [0, 0.05) is 31.7 Å². The van der Waals surface area contributed by atoms with Crippen LogP contribution in [0.3, 0.4) is 0 Å². The summed E-state index contributed by atoms with van der Waals surface area (Å²) in [7, 11) is -3.10. The lowest BCUT2D eigenvalue weighted by Crippen LogP contribution is -2.57. The summed E-state index contributed by atoms with van der Waals surface area (Å²) in [5, 5.41) is 0. The van der Waals surface area contributed by atoms with Crippen LogP contribution in [0.5, 0.6) is 0 Å². The van der Waals surface area contributed by atoms with Crippen molar-refractivity contribution in [2.45, 2.75) is 44.7 Å². The van der Waals surface area contributed by atoms with Crippen molar-refractivity contribution in [3.8, 4) is 0 Å². The predicted molar refractivity (Wildman–Crippen MR) is 99.1 cm³/mol. The first-order valence-corrected chi connectivity index (χ1v) is 10.6. The van der Waals surface area contributed by atoms with Gasteiger partial charge in [-0.05, 0) is 49.7 Å². The molecule has 6 heteroatoms. The molecule has 4 rings (SSSR count). The molecule has 0 spiro atoms. The number of piperidine rings is 2. The molecule has 4 nitrogen and oxygen atoms in total. The molecule has 134 valence electrons. The van der Waals surface area contributed by atoms with Crippen LogP contribution in [0.1, 0.15) is 42.0 Å². The van der Waals surface area contributed by atoms with Crippen LogP contribution < -0.4 is 0 Å². The van der Waals surface area contributed by atoms with Crippen LogP contribution in [0, 0.1) is 12.8 Å². The van der Waals surface area contributed by atoms with Gasteiger partial charge in [-0.2, -0.15) is 4.31 Å². The van der Waals surface area contributed by atoms with E-state index in [-0.39, 0.29) is 18.4 Å². The van der Waals surface area contributed by atoms with Crippen LogP contribution in [-0.2, 0) is 16.4 Å². The molecule has 1 aromatic carbocycles. The third kappa shape index (κ3) is 3.12. The number of halogens is 1. The van der Waals surface area contributed by atoms with Gasteiger partial charge in [0.25, 0.3) is 0 Å². The standard InChI is InChI=1S/C18H26N2O2S.ClH/c1-13-5-6-14-7-9-19-12-15-4-3-8-20(23(2,21)22)17(15)11-18(19)16(14)10-13;/h5-6,10,15,17-18H,3-4,7-9,11-12H2,1-2H3;1H/t15-,17+,18+;/m1./s1. The van der Waals surface area contributed by atoms with Crippen molar-refractivity contribution in [3.05, 3.63) is 34.9 Å². The topological polar surface area (TPSA) is 40.6 Å². The fourth-order valence-corrected chi connectivity index (χ4v) is 6.14. The largest absolute Gasteiger partial charge is 0.296 e. The Labute approximate surface area is 151 Å². The molecule has 0 unspecified atom stereocenters. The second kappa shape index (κ2) is 6.60. The minimum atomic E-state index is -3.10. The molecule has 3 heterocycles. The lowest BCUT2D eigenvalue weighted by Gasteiger charge is -2.51. The Morgan fingerprint density at radius 3 is 2.75 bits per heavy atom. The highest BCUT2D eigenvalue weighted by Crippen LogP contribution is 2.43. The molecule has 24 heavy (non-hydrogen) atoms. The average molecular weight is 371 g/mol. The van der Waals surface area contributed by atoms with Crippen LogP contribution in [0.2, 0.25) is 0 Å². The van der Waals surface area contributed by atoms with Gasteiger partial charge < -0.3 is 0 Å². The second-order valence-corrected chi connectivity index (χ2v) is 9.48. The normalized spacial score (nSPS) is 30.7. The van der Waals surface area contributed by atoms with Gasteiger partial charge in [0.05, 0.1) is 6.26 Å². The Hall–Kier alpha value is -0.620. The summed E-state index contributed by atoms with van der Waals surface area (Å²) in [6, 6.07) is 7.36. The van der Waals surface area contributed by atoms with E-state index in [0.717, 1.165) is 32.4 Å². The van der Waals surface area contributed by atoms with E-state index in [1.165, 1.54) is 29.4 Å². The fraction of sp³-hybridized carbons (Fsp3) is 0.667. The molecule has 3 aliphatic rings. The van der Waals surface area contributed by atoms with Gasteiger partial charge in [0.1, 0.15) is 0 Å². The molecule has 0 bridgehead atoms. The molecule has 2 fully saturated rings. The first-order valence-electron chi connectivity index (χ1n) is 8.74.